The molecule has 106 valence electrons. The second-order valence-electron chi connectivity index (χ2n) is 3.80. The summed E-state index contributed by atoms with van der Waals surface area (Å²) in [5.41, 5.74) is -0.858. The minimum absolute atomic E-state index is 0.198. The average molecular weight is 291 g/mol. The summed E-state index contributed by atoms with van der Waals surface area (Å²) in [6.07, 6.45) is 0. The molecule has 0 bridgehead atoms. The fraction of sp³-hybridized carbons (Fsp3) is 0.400. The summed E-state index contributed by atoms with van der Waals surface area (Å²) in [6, 6.07) is 2.50. The van der Waals surface area contributed by atoms with Gasteiger partial charge < -0.3 is 5.32 Å². The standard InChI is InChI=1S/C10H14FN3O4S/c1-12-5-6-13(2)19(17,18)8-3-4-9(11)10(7-8)14(15)16/h3-4,7,12H,5-6H2,1-2H3. The number of hydrogen-bond donors (Lipinski definition) is 1. The SMILES string of the molecule is CNCCN(C)S(=O)(=O)c1ccc(F)c([N+](=O)[O-])c1. The summed E-state index contributed by atoms with van der Waals surface area (Å²) in [5.74, 6) is -1.07. The molecule has 1 N–H and O–H groups in total. The van der Waals surface area contributed by atoms with Crippen LogP contribution in [0.3, 0.4) is 0 Å². The molecule has 1 aromatic carbocycles. The predicted molar refractivity (Wildman–Crippen MR) is 66.8 cm³/mol. The molecule has 0 saturated heterocycles. The van der Waals surface area contributed by atoms with Gasteiger partial charge in [0.25, 0.3) is 0 Å². The molecular formula is C10H14FN3O4S. The zero-order valence-electron chi connectivity index (χ0n) is 10.5. The Morgan fingerprint density at radius 1 is 1.47 bits per heavy atom. The van der Waals surface area contributed by atoms with Gasteiger partial charge in [-0.05, 0) is 19.2 Å². The number of sulfonamides is 1. The van der Waals surface area contributed by atoms with Crippen LogP contribution in [-0.2, 0) is 10.0 Å². The van der Waals surface area contributed by atoms with E-state index in [0.29, 0.717) is 6.54 Å². The van der Waals surface area contributed by atoms with Crippen LogP contribution in [0.1, 0.15) is 0 Å². The van der Waals surface area contributed by atoms with Gasteiger partial charge in [0.15, 0.2) is 0 Å². The van der Waals surface area contributed by atoms with E-state index in [1.165, 1.54) is 7.05 Å². The predicted octanol–water partition coefficient (Wildman–Crippen LogP) is 0.574. The number of nitro benzene ring substituents is 1. The Labute approximate surface area is 110 Å². The third-order valence-corrected chi connectivity index (χ3v) is 4.35. The van der Waals surface area contributed by atoms with Crippen molar-refractivity contribution in [3.63, 3.8) is 0 Å². The Morgan fingerprint density at radius 2 is 2.11 bits per heavy atom. The van der Waals surface area contributed by atoms with Crippen molar-refractivity contribution < 1.29 is 17.7 Å². The highest BCUT2D eigenvalue weighted by Gasteiger charge is 2.24. The van der Waals surface area contributed by atoms with Crippen LogP contribution in [-0.4, -0.2) is 44.8 Å². The fourth-order valence-electron chi connectivity index (χ4n) is 1.36. The van der Waals surface area contributed by atoms with Gasteiger partial charge in [-0.1, -0.05) is 0 Å². The summed E-state index contributed by atoms with van der Waals surface area (Å²) >= 11 is 0. The molecule has 0 aromatic heterocycles. The molecule has 0 aliphatic heterocycles. The molecular weight excluding hydrogens is 277 g/mol. The van der Waals surface area contributed by atoms with Crippen LogP contribution >= 0.6 is 0 Å². The number of rotatable bonds is 6. The van der Waals surface area contributed by atoms with Crippen molar-refractivity contribution in [1.29, 1.82) is 0 Å². The highest BCUT2D eigenvalue weighted by atomic mass is 32.2. The molecule has 0 spiro atoms. The van der Waals surface area contributed by atoms with Crippen molar-refractivity contribution in [2.24, 2.45) is 0 Å². The van der Waals surface area contributed by atoms with Crippen LogP contribution in [0.2, 0.25) is 0 Å². The van der Waals surface area contributed by atoms with Gasteiger partial charge in [-0.15, -0.1) is 0 Å². The summed E-state index contributed by atoms with van der Waals surface area (Å²) in [5, 5.41) is 13.4. The van der Waals surface area contributed by atoms with Crippen molar-refractivity contribution in [1.82, 2.24) is 9.62 Å². The van der Waals surface area contributed by atoms with Gasteiger partial charge in [0.2, 0.25) is 15.8 Å². The molecule has 0 aliphatic carbocycles. The molecule has 0 saturated carbocycles. The van der Waals surface area contributed by atoms with Crippen molar-refractivity contribution in [3.8, 4) is 0 Å². The van der Waals surface area contributed by atoms with Gasteiger partial charge in [0.05, 0.1) is 9.82 Å². The molecule has 0 atom stereocenters. The van der Waals surface area contributed by atoms with Crippen LogP contribution in [0.5, 0.6) is 0 Å². The highest BCUT2D eigenvalue weighted by molar-refractivity contribution is 7.89. The van der Waals surface area contributed by atoms with E-state index >= 15 is 0 Å². The third kappa shape index (κ3) is 3.46. The topological polar surface area (TPSA) is 92.6 Å². The molecule has 19 heavy (non-hydrogen) atoms. The van der Waals surface area contributed by atoms with Crippen molar-refractivity contribution >= 4 is 15.7 Å². The smallest absolute Gasteiger partial charge is 0.306 e. The monoisotopic (exact) mass is 291 g/mol. The normalized spacial score (nSPS) is 11.8. The van der Waals surface area contributed by atoms with Crippen molar-refractivity contribution in [2.45, 2.75) is 4.90 Å². The molecule has 0 unspecified atom stereocenters. The van der Waals surface area contributed by atoms with E-state index in [-0.39, 0.29) is 11.4 Å². The Bertz CT molecular complexity index is 576. The number of nitrogens with one attached hydrogen (secondary N) is 1. The molecule has 7 nitrogen and oxygen atoms in total. The molecule has 1 rings (SSSR count). The number of halogens is 1. The zero-order chi connectivity index (χ0) is 14.6. The van der Waals surface area contributed by atoms with Gasteiger partial charge in [-0.25, -0.2) is 8.42 Å². The Morgan fingerprint density at radius 3 is 2.63 bits per heavy atom. The van der Waals surface area contributed by atoms with Gasteiger partial charge in [-0.2, -0.15) is 8.70 Å². The van der Waals surface area contributed by atoms with Gasteiger partial charge in [0.1, 0.15) is 0 Å². The number of nitrogens with zero attached hydrogens (tertiary/aromatic N) is 2. The fourth-order valence-corrected chi connectivity index (χ4v) is 2.55. The molecule has 9 heteroatoms. The minimum atomic E-state index is -3.86. The second kappa shape index (κ2) is 6.04. The Balaban J connectivity index is 3.15. The van der Waals surface area contributed by atoms with Crippen molar-refractivity contribution in [2.75, 3.05) is 27.2 Å². The van der Waals surface area contributed by atoms with Crippen LogP contribution < -0.4 is 5.32 Å². The lowest BCUT2D eigenvalue weighted by Gasteiger charge is -2.16. The van der Waals surface area contributed by atoms with Crippen LogP contribution in [0.25, 0.3) is 0 Å². The van der Waals surface area contributed by atoms with E-state index in [9.17, 15) is 22.9 Å². The average Bonchev–Trinajstić information content (AvgIpc) is 2.35. The summed E-state index contributed by atoms with van der Waals surface area (Å²) in [7, 11) is -0.843. The lowest BCUT2D eigenvalue weighted by molar-refractivity contribution is -0.387. The van der Waals surface area contributed by atoms with Gasteiger partial charge >= 0.3 is 5.69 Å². The summed E-state index contributed by atoms with van der Waals surface area (Å²) in [4.78, 5) is 9.33. The molecule has 0 aliphatic rings. The largest absolute Gasteiger partial charge is 0.318 e. The lowest BCUT2D eigenvalue weighted by Crippen LogP contribution is -2.32. The zero-order valence-corrected chi connectivity index (χ0v) is 11.3. The van der Waals surface area contributed by atoms with E-state index in [4.69, 9.17) is 0 Å². The van der Waals surface area contributed by atoms with Gasteiger partial charge in [0, 0.05) is 26.2 Å². The van der Waals surface area contributed by atoms with E-state index < -0.39 is 26.5 Å². The highest BCUT2D eigenvalue weighted by Crippen LogP contribution is 2.23. The maximum Gasteiger partial charge on any atom is 0.306 e. The number of hydrogen-bond acceptors (Lipinski definition) is 5. The lowest BCUT2D eigenvalue weighted by atomic mass is 10.3. The van der Waals surface area contributed by atoms with Crippen LogP contribution in [0.4, 0.5) is 10.1 Å². The van der Waals surface area contributed by atoms with E-state index in [1.54, 1.807) is 7.05 Å². The molecule has 0 fully saturated rings. The number of likely N-dealkylation sites (N-methyl/N-ethyl adjacent to an activating group) is 2. The Kier molecular flexibility index (Phi) is 4.92. The summed E-state index contributed by atoms with van der Waals surface area (Å²) < 4.78 is 38.3. The molecule has 1 aromatic rings. The molecule has 0 radical (unpaired) electrons. The first-order valence-corrected chi connectivity index (χ1v) is 6.79. The third-order valence-electron chi connectivity index (χ3n) is 2.50. The van der Waals surface area contributed by atoms with E-state index in [0.717, 1.165) is 22.5 Å². The first-order valence-electron chi connectivity index (χ1n) is 5.35. The Hall–Kier alpha value is -1.58. The number of nitro groups is 1. The molecule has 0 amide bonds. The van der Waals surface area contributed by atoms with Crippen LogP contribution in [0.15, 0.2) is 23.1 Å². The van der Waals surface area contributed by atoms with Crippen molar-refractivity contribution in [3.05, 3.63) is 34.1 Å². The minimum Gasteiger partial charge on any atom is -0.318 e. The summed E-state index contributed by atoms with van der Waals surface area (Å²) in [6.45, 7) is 0.628. The maximum absolute atomic E-state index is 13.2. The number of benzene rings is 1. The molecule has 0 heterocycles. The first-order chi connectivity index (χ1) is 8.80. The van der Waals surface area contributed by atoms with E-state index in [2.05, 4.69) is 5.32 Å². The second-order valence-corrected chi connectivity index (χ2v) is 5.85. The van der Waals surface area contributed by atoms with E-state index in [1.807, 2.05) is 0 Å². The first kappa shape index (κ1) is 15.5. The maximum atomic E-state index is 13.2. The van der Waals surface area contributed by atoms with Crippen LogP contribution in [0, 0.1) is 15.9 Å². The van der Waals surface area contributed by atoms with Gasteiger partial charge in [-0.3, -0.25) is 10.1 Å². The quantitative estimate of drug-likeness (QED) is 0.611.